The molecule has 0 saturated carbocycles. The van der Waals surface area contributed by atoms with E-state index in [-0.39, 0.29) is 11.2 Å². The minimum atomic E-state index is -0.250. The lowest BCUT2D eigenvalue weighted by Crippen LogP contribution is -2.25. The standard InChI is InChI=1S/C25H31N3O4S/c1-4-5-6-7-13-32-21-12-11-19(15-22(21)31-3)17-26-28-25-27-24(29)23(33-25)16-18-9-8-10-20(14-18)30-2/h8-12,14-15,17,23H,4-7,13,16H2,1-3H3,(H,27,28,29)/b26-17+. The summed E-state index contributed by atoms with van der Waals surface area (Å²) in [4.78, 5) is 12.3. The number of hydrogen-bond acceptors (Lipinski definition) is 7. The second-order valence-electron chi connectivity index (χ2n) is 7.62. The van der Waals surface area contributed by atoms with Gasteiger partial charge in [-0.05, 0) is 54.3 Å². The van der Waals surface area contributed by atoms with Crippen molar-refractivity contribution in [2.75, 3.05) is 20.8 Å². The lowest BCUT2D eigenvalue weighted by molar-refractivity contribution is -0.118. The van der Waals surface area contributed by atoms with Gasteiger partial charge in [0.1, 0.15) is 5.75 Å². The van der Waals surface area contributed by atoms with Gasteiger partial charge in [0.25, 0.3) is 0 Å². The highest BCUT2D eigenvalue weighted by Crippen LogP contribution is 2.28. The van der Waals surface area contributed by atoms with Crippen LogP contribution in [-0.2, 0) is 11.2 Å². The topological polar surface area (TPSA) is 81.5 Å². The summed E-state index contributed by atoms with van der Waals surface area (Å²) in [6, 6.07) is 13.4. The zero-order valence-electron chi connectivity index (χ0n) is 19.4. The number of carbonyl (C=O) groups excluding carboxylic acids is 1. The summed E-state index contributed by atoms with van der Waals surface area (Å²) in [7, 11) is 3.25. The van der Waals surface area contributed by atoms with Gasteiger partial charge in [-0.1, -0.05) is 50.1 Å². The molecule has 3 rings (SSSR count). The van der Waals surface area contributed by atoms with E-state index >= 15 is 0 Å². The van der Waals surface area contributed by atoms with Gasteiger partial charge < -0.3 is 19.5 Å². The zero-order valence-corrected chi connectivity index (χ0v) is 20.2. The highest BCUT2D eigenvalue weighted by atomic mass is 32.2. The van der Waals surface area contributed by atoms with E-state index in [9.17, 15) is 4.79 Å². The molecule has 176 valence electrons. The molecule has 0 radical (unpaired) electrons. The number of ether oxygens (including phenoxy) is 3. The van der Waals surface area contributed by atoms with Crippen molar-refractivity contribution >= 4 is 29.1 Å². The summed E-state index contributed by atoms with van der Waals surface area (Å²) >= 11 is 1.38. The Hall–Kier alpha value is -3.00. The van der Waals surface area contributed by atoms with Crippen LogP contribution >= 0.6 is 11.8 Å². The van der Waals surface area contributed by atoms with Gasteiger partial charge in [0.05, 0.1) is 32.3 Å². The molecular formula is C25H31N3O4S. The zero-order chi connectivity index (χ0) is 23.5. The van der Waals surface area contributed by atoms with Crippen molar-refractivity contribution in [3.05, 3.63) is 53.6 Å². The first-order chi connectivity index (χ1) is 16.1. The van der Waals surface area contributed by atoms with Gasteiger partial charge >= 0.3 is 0 Å². The maximum absolute atomic E-state index is 12.3. The third-order valence-electron chi connectivity index (χ3n) is 5.13. The Morgan fingerprint density at radius 3 is 2.73 bits per heavy atom. The third kappa shape index (κ3) is 7.53. The van der Waals surface area contributed by atoms with Crippen molar-refractivity contribution in [1.29, 1.82) is 0 Å². The molecule has 0 spiro atoms. The minimum absolute atomic E-state index is 0.0705. The fourth-order valence-corrected chi connectivity index (χ4v) is 4.31. The minimum Gasteiger partial charge on any atom is -0.497 e. The highest BCUT2D eigenvalue weighted by Gasteiger charge is 2.30. The molecule has 2 aromatic rings. The van der Waals surface area contributed by atoms with Crippen LogP contribution in [0.3, 0.4) is 0 Å². The molecule has 0 aromatic heterocycles. The lowest BCUT2D eigenvalue weighted by Gasteiger charge is -2.11. The molecule has 1 saturated heterocycles. The Labute approximate surface area is 199 Å². The van der Waals surface area contributed by atoms with Crippen LogP contribution < -0.4 is 19.5 Å². The maximum atomic E-state index is 12.3. The largest absolute Gasteiger partial charge is 0.497 e. The first-order valence-corrected chi connectivity index (χ1v) is 12.0. The molecule has 1 aliphatic heterocycles. The number of amidine groups is 1. The van der Waals surface area contributed by atoms with E-state index in [2.05, 4.69) is 22.4 Å². The second-order valence-corrected chi connectivity index (χ2v) is 8.81. The van der Waals surface area contributed by atoms with Gasteiger partial charge in [0.15, 0.2) is 16.7 Å². The molecule has 1 unspecified atom stereocenters. The van der Waals surface area contributed by atoms with E-state index in [1.165, 1.54) is 31.0 Å². The van der Waals surface area contributed by atoms with E-state index in [4.69, 9.17) is 14.2 Å². The number of nitrogens with one attached hydrogen (secondary N) is 1. The predicted molar refractivity (Wildman–Crippen MR) is 134 cm³/mol. The number of carbonyl (C=O) groups is 1. The Bertz CT molecular complexity index is 993. The monoisotopic (exact) mass is 469 g/mol. The number of benzene rings is 2. The van der Waals surface area contributed by atoms with Crippen LogP contribution in [0.25, 0.3) is 0 Å². The number of methoxy groups -OCH3 is 2. The highest BCUT2D eigenvalue weighted by molar-refractivity contribution is 8.15. The molecule has 1 aliphatic rings. The van der Waals surface area contributed by atoms with E-state index < -0.39 is 0 Å². The van der Waals surface area contributed by atoms with Crippen molar-refractivity contribution in [1.82, 2.24) is 5.32 Å². The Balaban J connectivity index is 1.56. The fourth-order valence-electron chi connectivity index (χ4n) is 3.34. The van der Waals surface area contributed by atoms with Gasteiger partial charge in [0, 0.05) is 0 Å². The molecule has 8 heteroatoms. The number of rotatable bonds is 12. The van der Waals surface area contributed by atoms with Gasteiger partial charge in [-0.3, -0.25) is 4.79 Å². The molecule has 0 aliphatic carbocycles. The number of thioether (sulfide) groups is 1. The number of unbranched alkanes of at least 4 members (excludes halogenated alkanes) is 3. The summed E-state index contributed by atoms with van der Waals surface area (Å²) in [5, 5.41) is 11.3. The van der Waals surface area contributed by atoms with Crippen LogP contribution in [0, 0.1) is 0 Å². The molecule has 1 atom stereocenters. The molecular weight excluding hydrogens is 438 g/mol. The molecule has 1 heterocycles. The smallest absolute Gasteiger partial charge is 0.239 e. The average molecular weight is 470 g/mol. The van der Waals surface area contributed by atoms with Crippen LogP contribution in [0.15, 0.2) is 52.7 Å². The molecule has 1 amide bonds. The normalized spacial score (nSPS) is 16.9. The van der Waals surface area contributed by atoms with Crippen LogP contribution in [0.4, 0.5) is 0 Å². The summed E-state index contributed by atoms with van der Waals surface area (Å²) < 4.78 is 16.6. The van der Waals surface area contributed by atoms with Gasteiger partial charge in [-0.25, -0.2) is 0 Å². The summed E-state index contributed by atoms with van der Waals surface area (Å²) in [5.41, 5.74) is 1.86. The number of nitrogens with zero attached hydrogens (tertiary/aromatic N) is 2. The van der Waals surface area contributed by atoms with Crippen LogP contribution in [-0.4, -0.2) is 43.4 Å². The fraction of sp³-hybridized carbons (Fsp3) is 0.400. The molecule has 33 heavy (non-hydrogen) atoms. The SMILES string of the molecule is CCCCCCOc1ccc(/C=N/N=C2/NC(=O)C(Cc3cccc(OC)c3)S2)cc1OC. The Morgan fingerprint density at radius 2 is 1.94 bits per heavy atom. The van der Waals surface area contributed by atoms with Crippen molar-refractivity contribution in [3.63, 3.8) is 0 Å². The maximum Gasteiger partial charge on any atom is 0.239 e. The molecule has 7 nitrogen and oxygen atoms in total. The third-order valence-corrected chi connectivity index (χ3v) is 6.20. The van der Waals surface area contributed by atoms with Crippen LogP contribution in [0.1, 0.15) is 43.7 Å². The molecule has 1 fully saturated rings. The number of amides is 1. The predicted octanol–water partition coefficient (Wildman–Crippen LogP) is 4.83. The van der Waals surface area contributed by atoms with Crippen LogP contribution in [0.2, 0.25) is 0 Å². The lowest BCUT2D eigenvalue weighted by atomic mass is 10.1. The quantitative estimate of drug-likeness (QED) is 0.274. The summed E-state index contributed by atoms with van der Waals surface area (Å²) in [6.07, 6.45) is 6.83. The van der Waals surface area contributed by atoms with E-state index in [0.29, 0.717) is 23.9 Å². The van der Waals surface area contributed by atoms with Crippen molar-refractivity contribution in [3.8, 4) is 17.2 Å². The first kappa shape index (κ1) is 24.6. The summed E-state index contributed by atoms with van der Waals surface area (Å²) in [6.45, 7) is 2.86. The van der Waals surface area contributed by atoms with Crippen molar-refractivity contribution in [2.24, 2.45) is 10.2 Å². The Morgan fingerprint density at radius 1 is 1.06 bits per heavy atom. The molecule has 1 N–H and O–H groups in total. The first-order valence-electron chi connectivity index (χ1n) is 11.1. The van der Waals surface area contributed by atoms with Gasteiger partial charge in [0.2, 0.25) is 5.91 Å². The van der Waals surface area contributed by atoms with Crippen molar-refractivity contribution in [2.45, 2.75) is 44.3 Å². The second kappa shape index (κ2) is 12.9. The number of hydrogen-bond donors (Lipinski definition) is 1. The van der Waals surface area contributed by atoms with Crippen molar-refractivity contribution < 1.29 is 19.0 Å². The molecule has 0 bridgehead atoms. The average Bonchev–Trinajstić information content (AvgIpc) is 3.18. The van der Waals surface area contributed by atoms with Crippen LogP contribution in [0.5, 0.6) is 17.2 Å². The van der Waals surface area contributed by atoms with E-state index in [0.717, 1.165) is 29.0 Å². The van der Waals surface area contributed by atoms with E-state index in [1.54, 1.807) is 20.4 Å². The summed E-state index contributed by atoms with van der Waals surface area (Å²) in [5.74, 6) is 2.08. The molecule has 2 aromatic carbocycles. The van der Waals surface area contributed by atoms with E-state index in [1.807, 2.05) is 42.5 Å². The Kier molecular flexibility index (Phi) is 9.62. The van der Waals surface area contributed by atoms with Gasteiger partial charge in [-0.15, -0.1) is 5.10 Å². The van der Waals surface area contributed by atoms with Gasteiger partial charge in [-0.2, -0.15) is 5.10 Å².